The summed E-state index contributed by atoms with van der Waals surface area (Å²) in [6.07, 6.45) is 7.52. The van der Waals surface area contributed by atoms with Crippen molar-refractivity contribution in [1.29, 1.82) is 5.26 Å². The molecule has 2 saturated carbocycles. The first-order chi connectivity index (χ1) is 12.5. The van der Waals surface area contributed by atoms with Gasteiger partial charge in [-0.15, -0.1) is 0 Å². The Kier molecular flexibility index (Phi) is 4.77. The van der Waals surface area contributed by atoms with Crippen molar-refractivity contribution in [3.63, 3.8) is 0 Å². The van der Waals surface area contributed by atoms with Crippen LogP contribution in [0.2, 0.25) is 0 Å². The molecule has 1 aromatic carbocycles. The molecule has 2 aliphatic carbocycles. The van der Waals surface area contributed by atoms with Crippen molar-refractivity contribution in [3.05, 3.63) is 35.4 Å². The van der Waals surface area contributed by atoms with Crippen LogP contribution in [0, 0.1) is 23.2 Å². The Morgan fingerprint density at radius 3 is 2.73 bits per heavy atom. The fourth-order valence-corrected chi connectivity index (χ4v) is 5.34. The van der Waals surface area contributed by atoms with Gasteiger partial charge in [0.1, 0.15) is 0 Å². The fourth-order valence-electron chi connectivity index (χ4n) is 5.34. The highest BCUT2D eigenvalue weighted by Crippen LogP contribution is 2.63. The predicted molar refractivity (Wildman–Crippen MR) is 98.1 cm³/mol. The number of fused-ring (bicyclic) bond motifs is 1. The van der Waals surface area contributed by atoms with Crippen molar-refractivity contribution in [2.24, 2.45) is 11.8 Å². The van der Waals surface area contributed by atoms with Gasteiger partial charge in [-0.1, -0.05) is 12.1 Å². The van der Waals surface area contributed by atoms with Crippen molar-refractivity contribution >= 4 is 0 Å². The normalized spacial score (nSPS) is 33.3. The topological polar surface area (TPSA) is 27.0 Å². The summed E-state index contributed by atoms with van der Waals surface area (Å²) in [5, 5.41) is 9.14. The molecule has 0 radical (unpaired) electrons. The predicted octanol–water partition coefficient (Wildman–Crippen LogP) is 5.13. The maximum absolute atomic E-state index is 13.2. The number of nitrogens with zero attached hydrogens (tertiary/aromatic N) is 2. The highest BCUT2D eigenvalue weighted by Gasteiger charge is 2.57. The zero-order chi connectivity index (χ0) is 18.2. The Labute approximate surface area is 155 Å². The van der Waals surface area contributed by atoms with Crippen molar-refractivity contribution < 1.29 is 8.78 Å². The minimum absolute atomic E-state index is 0.0305. The molecule has 3 fully saturated rings. The molecule has 3 atom stereocenters. The third-order valence-corrected chi connectivity index (χ3v) is 7.09. The quantitative estimate of drug-likeness (QED) is 0.730. The van der Waals surface area contributed by atoms with E-state index in [1.165, 1.54) is 37.7 Å². The van der Waals surface area contributed by atoms with E-state index in [-0.39, 0.29) is 12.8 Å². The third-order valence-electron chi connectivity index (χ3n) is 7.09. The number of benzene rings is 1. The lowest BCUT2D eigenvalue weighted by Crippen LogP contribution is -2.39. The van der Waals surface area contributed by atoms with E-state index in [0.717, 1.165) is 30.4 Å². The molecule has 140 valence electrons. The molecular weight excluding hydrogens is 330 g/mol. The maximum atomic E-state index is 13.2. The van der Waals surface area contributed by atoms with Gasteiger partial charge in [-0.05, 0) is 80.0 Å². The van der Waals surface area contributed by atoms with Gasteiger partial charge in [-0.3, -0.25) is 0 Å². The molecule has 1 aromatic rings. The van der Waals surface area contributed by atoms with E-state index in [9.17, 15) is 8.78 Å². The van der Waals surface area contributed by atoms with Crippen LogP contribution in [0.15, 0.2) is 24.3 Å². The molecule has 4 heteroatoms. The summed E-state index contributed by atoms with van der Waals surface area (Å²) < 4.78 is 26.4. The standard InChI is InChI=1S/C22H28F2N2/c23-22(24)8-11-26(12-9-22)10-2-4-17-6-7-21(15-20(21)13-17)19-5-1-3-18(14-19)16-25/h1,3,5,14,17,20H,2,4,6-13,15H2/t17?,20?,21-/m1/s1. The van der Waals surface area contributed by atoms with Crippen LogP contribution >= 0.6 is 0 Å². The summed E-state index contributed by atoms with van der Waals surface area (Å²) in [5.41, 5.74) is 2.49. The van der Waals surface area contributed by atoms with E-state index in [2.05, 4.69) is 23.1 Å². The lowest BCUT2D eigenvalue weighted by molar-refractivity contribution is -0.0553. The van der Waals surface area contributed by atoms with Gasteiger partial charge in [0.2, 0.25) is 0 Å². The van der Waals surface area contributed by atoms with Crippen LogP contribution in [0.4, 0.5) is 8.78 Å². The smallest absolute Gasteiger partial charge is 0.250 e. The average molecular weight is 358 g/mol. The highest BCUT2D eigenvalue weighted by molar-refractivity contribution is 5.41. The Morgan fingerprint density at radius 2 is 2.00 bits per heavy atom. The molecule has 0 bridgehead atoms. The summed E-state index contributed by atoms with van der Waals surface area (Å²) in [7, 11) is 0. The Morgan fingerprint density at radius 1 is 1.19 bits per heavy atom. The zero-order valence-corrected chi connectivity index (χ0v) is 15.4. The number of likely N-dealkylation sites (tertiary alicyclic amines) is 1. The van der Waals surface area contributed by atoms with Gasteiger partial charge in [0.15, 0.2) is 0 Å². The summed E-state index contributed by atoms with van der Waals surface area (Å²) in [6, 6.07) is 10.5. The Balaban J connectivity index is 1.23. The van der Waals surface area contributed by atoms with Crippen LogP contribution in [0.1, 0.15) is 62.5 Å². The van der Waals surface area contributed by atoms with Gasteiger partial charge in [-0.25, -0.2) is 8.78 Å². The second-order valence-electron chi connectivity index (χ2n) is 8.73. The molecule has 2 unspecified atom stereocenters. The summed E-state index contributed by atoms with van der Waals surface area (Å²) in [4.78, 5) is 2.22. The first-order valence-electron chi connectivity index (χ1n) is 10.1. The Hall–Kier alpha value is -1.47. The number of hydrogen-bond donors (Lipinski definition) is 0. The summed E-state index contributed by atoms with van der Waals surface area (Å²) in [6.45, 7) is 2.09. The van der Waals surface area contributed by atoms with E-state index in [0.29, 0.717) is 18.5 Å². The van der Waals surface area contributed by atoms with Gasteiger partial charge < -0.3 is 4.90 Å². The summed E-state index contributed by atoms with van der Waals surface area (Å²) >= 11 is 0. The molecule has 2 nitrogen and oxygen atoms in total. The second kappa shape index (κ2) is 6.93. The molecule has 0 aromatic heterocycles. The first-order valence-corrected chi connectivity index (χ1v) is 10.1. The second-order valence-corrected chi connectivity index (χ2v) is 8.73. The van der Waals surface area contributed by atoms with Crippen molar-refractivity contribution in [2.75, 3.05) is 19.6 Å². The van der Waals surface area contributed by atoms with Crippen LogP contribution in [-0.2, 0) is 5.41 Å². The lowest BCUT2D eigenvalue weighted by Gasteiger charge is -2.32. The average Bonchev–Trinajstić information content (AvgIpc) is 3.38. The van der Waals surface area contributed by atoms with Crippen LogP contribution in [0.3, 0.4) is 0 Å². The minimum Gasteiger partial charge on any atom is -0.303 e. The zero-order valence-electron chi connectivity index (χ0n) is 15.4. The van der Waals surface area contributed by atoms with E-state index < -0.39 is 5.92 Å². The van der Waals surface area contributed by atoms with Gasteiger partial charge in [0, 0.05) is 25.9 Å². The fraction of sp³-hybridized carbons (Fsp3) is 0.682. The molecule has 1 saturated heterocycles. The number of piperidine rings is 1. The van der Waals surface area contributed by atoms with Gasteiger partial charge in [0.05, 0.1) is 11.6 Å². The molecule has 0 amide bonds. The van der Waals surface area contributed by atoms with E-state index in [1.807, 2.05) is 12.1 Å². The van der Waals surface area contributed by atoms with Crippen LogP contribution < -0.4 is 0 Å². The lowest BCUT2D eigenvalue weighted by atomic mass is 9.76. The molecule has 0 spiro atoms. The molecule has 4 rings (SSSR count). The minimum atomic E-state index is -2.43. The van der Waals surface area contributed by atoms with E-state index in [4.69, 9.17) is 5.26 Å². The van der Waals surface area contributed by atoms with Gasteiger partial charge in [0.25, 0.3) is 5.92 Å². The van der Waals surface area contributed by atoms with Gasteiger partial charge in [-0.2, -0.15) is 5.26 Å². The molecule has 1 heterocycles. The van der Waals surface area contributed by atoms with Crippen molar-refractivity contribution in [3.8, 4) is 6.07 Å². The number of hydrogen-bond acceptors (Lipinski definition) is 2. The molecule has 3 aliphatic rings. The SMILES string of the molecule is N#Cc1cccc([C@]23CCC(CCCN4CCC(F)(F)CC4)CC2C3)c1. The van der Waals surface area contributed by atoms with E-state index >= 15 is 0 Å². The Bertz CT molecular complexity index is 686. The molecule has 26 heavy (non-hydrogen) atoms. The van der Waals surface area contributed by atoms with Crippen LogP contribution in [0.25, 0.3) is 0 Å². The van der Waals surface area contributed by atoms with Crippen LogP contribution in [0.5, 0.6) is 0 Å². The largest absolute Gasteiger partial charge is 0.303 e. The molecule has 1 aliphatic heterocycles. The van der Waals surface area contributed by atoms with Crippen molar-refractivity contribution in [2.45, 2.75) is 62.7 Å². The highest BCUT2D eigenvalue weighted by atomic mass is 19.3. The van der Waals surface area contributed by atoms with E-state index in [1.54, 1.807) is 0 Å². The number of nitriles is 1. The monoisotopic (exact) mass is 358 g/mol. The maximum Gasteiger partial charge on any atom is 0.250 e. The van der Waals surface area contributed by atoms with Crippen molar-refractivity contribution in [1.82, 2.24) is 4.90 Å². The summed E-state index contributed by atoms with van der Waals surface area (Å²) in [5.74, 6) is -0.859. The molecule has 0 N–H and O–H groups in total. The first kappa shape index (κ1) is 17.9. The van der Waals surface area contributed by atoms with Gasteiger partial charge >= 0.3 is 0 Å². The number of alkyl halides is 2. The number of halogens is 2. The number of rotatable bonds is 5. The third kappa shape index (κ3) is 3.64. The molecular formula is C22H28F2N2. The van der Waals surface area contributed by atoms with Crippen LogP contribution in [-0.4, -0.2) is 30.5 Å².